The van der Waals surface area contributed by atoms with Gasteiger partial charge in [-0.3, -0.25) is 4.79 Å². The quantitative estimate of drug-likeness (QED) is 0.258. The van der Waals surface area contributed by atoms with Crippen molar-refractivity contribution in [3.8, 4) is 17.6 Å². The number of ether oxygens (including phenoxy) is 1. The van der Waals surface area contributed by atoms with Gasteiger partial charge in [-0.25, -0.2) is 4.98 Å². The van der Waals surface area contributed by atoms with Crippen LogP contribution in [0.4, 0.5) is 5.69 Å². The van der Waals surface area contributed by atoms with Crippen LogP contribution >= 0.6 is 11.8 Å². The highest BCUT2D eigenvalue weighted by atomic mass is 32.2. The van der Waals surface area contributed by atoms with Gasteiger partial charge in [0.25, 0.3) is 0 Å². The molecule has 5 rings (SSSR count). The van der Waals surface area contributed by atoms with Crippen LogP contribution < -0.4 is 10.1 Å². The van der Waals surface area contributed by atoms with Crippen LogP contribution in [0.5, 0.6) is 11.5 Å². The molecule has 1 atom stereocenters. The average molecular weight is 506 g/mol. The van der Waals surface area contributed by atoms with Gasteiger partial charge in [-0.2, -0.15) is 5.26 Å². The first-order chi connectivity index (χ1) is 18.2. The molecule has 0 bridgehead atoms. The number of amides is 1. The van der Waals surface area contributed by atoms with E-state index in [0.717, 1.165) is 35.7 Å². The number of rotatable bonds is 8. The summed E-state index contributed by atoms with van der Waals surface area (Å²) in [4.78, 5) is 17.3. The minimum absolute atomic E-state index is 0.0774. The predicted octanol–water partition coefficient (Wildman–Crippen LogP) is 7.14. The Morgan fingerprint density at radius 3 is 2.43 bits per heavy atom. The molecule has 5 nitrogen and oxygen atoms in total. The molecule has 1 aliphatic carbocycles. The van der Waals surface area contributed by atoms with Crippen LogP contribution in [0.15, 0.2) is 96.0 Å². The van der Waals surface area contributed by atoms with E-state index >= 15 is 0 Å². The zero-order valence-electron chi connectivity index (χ0n) is 20.4. The second kappa shape index (κ2) is 11.8. The maximum absolute atomic E-state index is 12.5. The van der Waals surface area contributed by atoms with Gasteiger partial charge >= 0.3 is 0 Å². The molecule has 1 aliphatic rings. The number of anilines is 1. The number of nitriles is 1. The Morgan fingerprint density at radius 2 is 1.70 bits per heavy atom. The van der Waals surface area contributed by atoms with Gasteiger partial charge in [-0.1, -0.05) is 48.5 Å². The van der Waals surface area contributed by atoms with Crippen LogP contribution in [0.3, 0.4) is 0 Å². The second-order valence-corrected chi connectivity index (χ2v) is 10.1. The van der Waals surface area contributed by atoms with Crippen LogP contribution in [0, 0.1) is 11.3 Å². The minimum atomic E-state index is -0.0774. The van der Waals surface area contributed by atoms with Crippen molar-refractivity contribution in [3.63, 3.8) is 0 Å². The van der Waals surface area contributed by atoms with Gasteiger partial charge in [0.05, 0.1) is 5.56 Å². The number of hydrogen-bond donors (Lipinski definition) is 1. The molecule has 1 aromatic heterocycles. The van der Waals surface area contributed by atoms with Crippen LogP contribution in [0.2, 0.25) is 0 Å². The number of carbonyl (C=O) groups excluding carboxylic acids is 1. The van der Waals surface area contributed by atoms with Crippen LogP contribution in [0.25, 0.3) is 0 Å². The summed E-state index contributed by atoms with van der Waals surface area (Å²) in [5, 5.41) is 13.4. The number of fused-ring (bicyclic) bond motifs is 1. The maximum atomic E-state index is 12.5. The molecule has 0 saturated heterocycles. The van der Waals surface area contributed by atoms with Crippen LogP contribution in [0.1, 0.15) is 41.1 Å². The number of nitrogens with one attached hydrogen (secondary N) is 1. The van der Waals surface area contributed by atoms with E-state index in [-0.39, 0.29) is 5.91 Å². The maximum Gasteiger partial charge on any atom is 0.225 e. The summed E-state index contributed by atoms with van der Waals surface area (Å²) in [7, 11) is 0. The minimum Gasteiger partial charge on any atom is -0.457 e. The largest absolute Gasteiger partial charge is 0.457 e. The molecule has 0 aliphatic heterocycles. The first-order valence-electron chi connectivity index (χ1n) is 12.4. The molecule has 0 radical (unpaired) electrons. The summed E-state index contributed by atoms with van der Waals surface area (Å²) in [6, 6.07) is 31.7. The third kappa shape index (κ3) is 6.38. The van der Waals surface area contributed by atoms with E-state index in [4.69, 9.17) is 9.72 Å². The Kier molecular flexibility index (Phi) is 7.83. The summed E-state index contributed by atoms with van der Waals surface area (Å²) < 4.78 is 5.79. The Bertz CT molecular complexity index is 1400. The molecule has 1 N–H and O–H groups in total. The lowest BCUT2D eigenvalue weighted by atomic mass is 9.82. The Morgan fingerprint density at radius 1 is 1.00 bits per heavy atom. The Hall–Kier alpha value is -4.08. The van der Waals surface area contributed by atoms with E-state index in [2.05, 4.69) is 35.7 Å². The van der Waals surface area contributed by atoms with Gasteiger partial charge < -0.3 is 10.1 Å². The van der Waals surface area contributed by atoms with Crippen LogP contribution in [-0.4, -0.2) is 16.6 Å². The summed E-state index contributed by atoms with van der Waals surface area (Å²) >= 11 is 1.47. The fourth-order valence-electron chi connectivity index (χ4n) is 4.54. The molecular formula is C31H27N3O2S. The molecule has 184 valence electrons. The van der Waals surface area contributed by atoms with Gasteiger partial charge in [-0.15, -0.1) is 11.8 Å². The molecule has 0 spiro atoms. The molecule has 4 aromatic rings. The zero-order valence-corrected chi connectivity index (χ0v) is 21.2. The summed E-state index contributed by atoms with van der Waals surface area (Å²) in [5.41, 5.74) is 4.89. The van der Waals surface area contributed by atoms with Crippen molar-refractivity contribution in [3.05, 3.63) is 113 Å². The lowest BCUT2D eigenvalue weighted by molar-refractivity contribution is -0.115. The Balaban J connectivity index is 1.14. The predicted molar refractivity (Wildman–Crippen MR) is 147 cm³/mol. The zero-order chi connectivity index (χ0) is 25.5. The number of pyridine rings is 1. The molecule has 0 fully saturated rings. The third-order valence-electron chi connectivity index (χ3n) is 6.43. The number of para-hydroxylation sites is 1. The molecule has 1 unspecified atom stereocenters. The fraction of sp³-hybridized carbons (Fsp3) is 0.194. The topological polar surface area (TPSA) is 75.0 Å². The van der Waals surface area contributed by atoms with E-state index < -0.39 is 0 Å². The van der Waals surface area contributed by atoms with Gasteiger partial charge in [0, 0.05) is 23.6 Å². The van der Waals surface area contributed by atoms with E-state index in [9.17, 15) is 10.1 Å². The standard InChI is InChI=1S/C31H27N3O2S/c32-21-25-20-24-19-23(22-7-3-1-4-8-22)11-16-29(24)34-31(25)37-18-17-30(35)33-26-12-14-28(15-13-26)36-27-9-5-2-6-10-27/h1-10,12-15,20,23H,11,16-19H2,(H,33,35). The molecule has 6 heteroatoms. The normalized spacial score (nSPS) is 14.3. The van der Waals surface area contributed by atoms with Crippen molar-refractivity contribution in [1.29, 1.82) is 5.26 Å². The molecular weight excluding hydrogens is 478 g/mol. The number of benzene rings is 3. The van der Waals surface area contributed by atoms with Crippen molar-refractivity contribution < 1.29 is 9.53 Å². The van der Waals surface area contributed by atoms with Crippen molar-refractivity contribution in [2.24, 2.45) is 0 Å². The summed E-state index contributed by atoms with van der Waals surface area (Å²) in [6.07, 6.45) is 3.19. The first-order valence-corrected chi connectivity index (χ1v) is 13.4. The first kappa shape index (κ1) is 24.6. The number of hydrogen-bond acceptors (Lipinski definition) is 5. The highest BCUT2D eigenvalue weighted by molar-refractivity contribution is 7.99. The average Bonchev–Trinajstić information content (AvgIpc) is 2.94. The third-order valence-corrected chi connectivity index (χ3v) is 7.42. The lowest BCUT2D eigenvalue weighted by Gasteiger charge is -2.25. The smallest absolute Gasteiger partial charge is 0.225 e. The summed E-state index contributed by atoms with van der Waals surface area (Å²) in [5.74, 6) is 2.40. The molecule has 37 heavy (non-hydrogen) atoms. The van der Waals surface area contributed by atoms with E-state index in [1.807, 2.05) is 66.7 Å². The SMILES string of the molecule is N#Cc1cc2c(nc1SCCC(=O)Nc1ccc(Oc3ccccc3)cc1)CCC(c1ccccc1)C2. The van der Waals surface area contributed by atoms with Gasteiger partial charge in [-0.05, 0) is 78.8 Å². The molecule has 3 aromatic carbocycles. The number of aryl methyl sites for hydroxylation is 1. The number of nitrogens with zero attached hydrogens (tertiary/aromatic N) is 2. The molecule has 1 amide bonds. The van der Waals surface area contributed by atoms with Crippen LogP contribution in [-0.2, 0) is 17.6 Å². The van der Waals surface area contributed by atoms with Crippen molar-refractivity contribution in [1.82, 2.24) is 4.98 Å². The summed E-state index contributed by atoms with van der Waals surface area (Å²) in [6.45, 7) is 0. The highest BCUT2D eigenvalue weighted by Gasteiger charge is 2.23. The van der Waals surface area contributed by atoms with Crippen molar-refractivity contribution >= 4 is 23.4 Å². The highest BCUT2D eigenvalue weighted by Crippen LogP contribution is 2.34. The van der Waals surface area contributed by atoms with Crippen molar-refractivity contribution in [2.45, 2.75) is 36.6 Å². The second-order valence-electron chi connectivity index (χ2n) is 9.00. The lowest BCUT2D eigenvalue weighted by Crippen LogP contribution is -2.15. The van der Waals surface area contributed by atoms with E-state index in [1.165, 1.54) is 22.9 Å². The molecule has 0 saturated carbocycles. The van der Waals surface area contributed by atoms with E-state index in [0.29, 0.717) is 35.1 Å². The number of carbonyl (C=O) groups is 1. The monoisotopic (exact) mass is 505 g/mol. The fourth-order valence-corrected chi connectivity index (χ4v) is 5.46. The molecule has 1 heterocycles. The van der Waals surface area contributed by atoms with Gasteiger partial charge in [0.1, 0.15) is 22.6 Å². The Labute approximate surface area is 221 Å². The van der Waals surface area contributed by atoms with Gasteiger partial charge in [0.2, 0.25) is 5.91 Å². The number of thioether (sulfide) groups is 1. The number of aromatic nitrogens is 1. The van der Waals surface area contributed by atoms with E-state index in [1.54, 1.807) is 0 Å². The van der Waals surface area contributed by atoms with Gasteiger partial charge in [0.15, 0.2) is 0 Å². The van der Waals surface area contributed by atoms with Crippen molar-refractivity contribution in [2.75, 3.05) is 11.1 Å².